The Morgan fingerprint density at radius 1 is 0.750 bits per heavy atom. The van der Waals surface area contributed by atoms with Gasteiger partial charge in [0, 0.05) is 11.6 Å². The van der Waals surface area contributed by atoms with Crippen molar-refractivity contribution in [2.24, 2.45) is 17.8 Å². The van der Waals surface area contributed by atoms with Crippen molar-refractivity contribution in [1.82, 2.24) is 0 Å². The van der Waals surface area contributed by atoms with Crippen LogP contribution in [0.25, 0.3) is 0 Å². The molecular formula is C34H48F8O2. The van der Waals surface area contributed by atoms with E-state index in [-0.39, 0.29) is 18.4 Å². The topological polar surface area (TPSA) is 18.5 Å². The van der Waals surface area contributed by atoms with Gasteiger partial charge in [-0.15, -0.1) is 26.3 Å². The maximum atomic E-state index is 14.4. The molecule has 0 aromatic carbocycles. The third-order valence-corrected chi connectivity index (χ3v) is 5.93. The largest absolute Gasteiger partial charge is 0.573 e. The van der Waals surface area contributed by atoms with Crippen LogP contribution in [0.5, 0.6) is 0 Å². The number of halogens is 8. The highest BCUT2D eigenvalue weighted by Crippen LogP contribution is 2.35. The molecule has 252 valence electrons. The van der Waals surface area contributed by atoms with Gasteiger partial charge in [0.1, 0.15) is 17.4 Å². The summed E-state index contributed by atoms with van der Waals surface area (Å²) in [6, 6.07) is 0. The normalized spacial score (nSPS) is 13.8. The lowest BCUT2D eigenvalue weighted by atomic mass is 9.92. The third kappa shape index (κ3) is 20.6. The molecule has 2 unspecified atom stereocenters. The van der Waals surface area contributed by atoms with Crippen molar-refractivity contribution in [3.05, 3.63) is 110 Å². The van der Waals surface area contributed by atoms with Gasteiger partial charge in [-0.3, -0.25) is 0 Å². The Hall–Kier alpha value is -3.30. The van der Waals surface area contributed by atoms with E-state index in [4.69, 9.17) is 0 Å². The van der Waals surface area contributed by atoms with Crippen LogP contribution < -0.4 is 0 Å². The van der Waals surface area contributed by atoms with Crippen molar-refractivity contribution >= 4 is 0 Å². The molecule has 0 aliphatic rings. The number of ether oxygens (including phenoxy) is 2. The first-order valence-electron chi connectivity index (χ1n) is 13.9. The molecule has 0 saturated heterocycles. The Labute approximate surface area is 258 Å². The quantitative estimate of drug-likeness (QED) is 0.0682. The second kappa shape index (κ2) is 22.2. The van der Waals surface area contributed by atoms with E-state index in [1.165, 1.54) is 39.2 Å². The van der Waals surface area contributed by atoms with Crippen molar-refractivity contribution in [3.8, 4) is 0 Å². The number of hydrogen-bond acceptors (Lipinski definition) is 2. The summed E-state index contributed by atoms with van der Waals surface area (Å²) >= 11 is 0. The van der Waals surface area contributed by atoms with Gasteiger partial charge in [-0.25, -0.2) is 13.2 Å². The van der Waals surface area contributed by atoms with E-state index in [2.05, 4.69) is 76.3 Å². The minimum atomic E-state index is -5.20. The zero-order valence-electron chi connectivity index (χ0n) is 26.8. The van der Waals surface area contributed by atoms with E-state index in [0.29, 0.717) is 12.2 Å². The molecule has 0 spiro atoms. The molecule has 0 aromatic rings. The number of hydrogen-bond donors (Lipinski definition) is 0. The maximum Gasteiger partial charge on any atom is 0.573 e. The molecule has 0 rings (SSSR count). The summed E-state index contributed by atoms with van der Waals surface area (Å²) in [5.74, 6) is -6.52. The van der Waals surface area contributed by atoms with Gasteiger partial charge in [-0.1, -0.05) is 92.9 Å². The average molecular weight is 641 g/mol. The molecule has 0 N–H and O–H groups in total. The predicted molar refractivity (Wildman–Crippen MR) is 165 cm³/mol. The molecule has 2 atom stereocenters. The van der Waals surface area contributed by atoms with Crippen molar-refractivity contribution in [2.75, 3.05) is 0 Å². The highest BCUT2D eigenvalue weighted by Gasteiger charge is 2.39. The van der Waals surface area contributed by atoms with E-state index < -0.39 is 64.5 Å². The fraction of sp³-hybridized carbons (Fsp3) is 0.471. The van der Waals surface area contributed by atoms with E-state index in [1.54, 1.807) is 6.92 Å². The third-order valence-electron chi connectivity index (χ3n) is 5.93. The second-order valence-corrected chi connectivity index (χ2v) is 10.2. The Morgan fingerprint density at radius 3 is 1.68 bits per heavy atom. The molecule has 2 nitrogen and oxygen atoms in total. The van der Waals surface area contributed by atoms with E-state index in [9.17, 15) is 35.1 Å². The summed E-state index contributed by atoms with van der Waals surface area (Å²) in [5, 5.41) is 0. The smallest absolute Gasteiger partial charge is 0.433 e. The van der Waals surface area contributed by atoms with Crippen LogP contribution in [0.2, 0.25) is 0 Å². The molecule has 0 saturated carbocycles. The van der Waals surface area contributed by atoms with Gasteiger partial charge >= 0.3 is 12.5 Å². The molecule has 0 aromatic heterocycles. The monoisotopic (exact) mass is 640 g/mol. The Bertz CT molecular complexity index is 1050. The lowest BCUT2D eigenvalue weighted by Crippen LogP contribution is -2.29. The number of alkyl halides is 5. The summed E-state index contributed by atoms with van der Waals surface area (Å²) in [4.78, 5) is 0. The van der Waals surface area contributed by atoms with Crippen LogP contribution in [-0.2, 0) is 9.47 Å². The van der Waals surface area contributed by atoms with Crippen molar-refractivity contribution in [3.63, 3.8) is 0 Å². The van der Waals surface area contributed by atoms with Gasteiger partial charge < -0.3 is 9.47 Å². The lowest BCUT2D eigenvalue weighted by molar-refractivity contribution is -0.304. The van der Waals surface area contributed by atoms with Crippen molar-refractivity contribution in [1.29, 1.82) is 0 Å². The molecule has 0 fully saturated rings. The highest BCUT2D eigenvalue weighted by atomic mass is 19.4. The maximum absolute atomic E-state index is 14.4. The molecule has 10 heteroatoms. The summed E-state index contributed by atoms with van der Waals surface area (Å²) in [6.07, 6.45) is -2.71. The average Bonchev–Trinajstić information content (AvgIpc) is 2.92. The molecule has 0 radical (unpaired) electrons. The molecule has 0 bridgehead atoms. The van der Waals surface area contributed by atoms with Crippen molar-refractivity contribution < 1.29 is 44.6 Å². The van der Waals surface area contributed by atoms with Gasteiger partial charge in [0.05, 0.1) is 5.92 Å². The minimum absolute atomic E-state index is 0.0822. The zero-order chi connectivity index (χ0) is 35.4. The van der Waals surface area contributed by atoms with Crippen LogP contribution in [0.1, 0.15) is 73.6 Å². The van der Waals surface area contributed by atoms with Crippen LogP contribution in [0.4, 0.5) is 35.1 Å². The SMILES string of the molecule is C=C.C=C(/C=C(/F)C(=C)C(=C)/C=C(/F)C(=C)OC(F)(F)F)OC(F)(F)C(C)CCC(C)C(=C)/C(F)=C\C.CCCCC(C)C. The highest BCUT2D eigenvalue weighted by molar-refractivity contribution is 5.48. The van der Waals surface area contributed by atoms with Crippen LogP contribution >= 0.6 is 0 Å². The van der Waals surface area contributed by atoms with Gasteiger partial charge in [-0.2, -0.15) is 8.78 Å². The number of unbranched alkanes of at least 4 members (excludes halogenated alkanes) is 1. The van der Waals surface area contributed by atoms with Gasteiger partial charge in [0.25, 0.3) is 0 Å². The van der Waals surface area contributed by atoms with E-state index >= 15 is 0 Å². The predicted octanol–water partition coefficient (Wildman–Crippen LogP) is 13.1. The Balaban J connectivity index is -0.00000163. The van der Waals surface area contributed by atoms with Gasteiger partial charge in [0.2, 0.25) is 0 Å². The van der Waals surface area contributed by atoms with E-state index in [0.717, 1.165) is 5.92 Å². The fourth-order valence-corrected chi connectivity index (χ4v) is 3.07. The summed E-state index contributed by atoms with van der Waals surface area (Å²) < 4.78 is 114. The van der Waals surface area contributed by atoms with Gasteiger partial charge in [0.15, 0.2) is 11.6 Å². The van der Waals surface area contributed by atoms with Crippen LogP contribution in [0, 0.1) is 17.8 Å². The fourth-order valence-electron chi connectivity index (χ4n) is 3.07. The molecule has 0 amide bonds. The van der Waals surface area contributed by atoms with Gasteiger partial charge in [-0.05, 0) is 48.8 Å². The summed E-state index contributed by atoms with van der Waals surface area (Å²) in [7, 11) is 0. The standard InChI is InChI=1S/C25H28F8O2.C7H16.C2H4/c1-9-21(26)18(6)14(2)10-11-16(4)24(29,30)34-17(5)13-22(27)19(7)15(3)12-23(28)20(8)35-25(31,32)33;1-4-5-6-7(2)3;1-2/h9,12-14,16H,3,5-8,10-11H2,1-2,4H3;7H,4-6H2,1-3H3;1-2H2/b21-9+,22-13+,23-12+;;. The van der Waals surface area contributed by atoms with Crippen LogP contribution in [-0.4, -0.2) is 12.5 Å². The summed E-state index contributed by atoms with van der Waals surface area (Å²) in [5.41, 5.74) is -0.991. The molecular weight excluding hydrogens is 592 g/mol. The Morgan fingerprint density at radius 2 is 1.27 bits per heavy atom. The zero-order valence-corrected chi connectivity index (χ0v) is 26.8. The number of allylic oxidation sites excluding steroid dienone is 9. The van der Waals surface area contributed by atoms with Crippen LogP contribution in [0.15, 0.2) is 110 Å². The Kier molecular flexibility index (Phi) is 22.8. The molecule has 0 aliphatic carbocycles. The first kappa shape index (κ1) is 45.1. The molecule has 44 heavy (non-hydrogen) atoms. The first-order valence-corrected chi connectivity index (χ1v) is 13.9. The van der Waals surface area contributed by atoms with Crippen molar-refractivity contribution in [2.45, 2.75) is 86.1 Å². The minimum Gasteiger partial charge on any atom is -0.433 e. The molecule has 0 aliphatic heterocycles. The first-order chi connectivity index (χ1) is 20.1. The molecule has 0 heterocycles. The second-order valence-electron chi connectivity index (χ2n) is 10.2. The summed E-state index contributed by atoms with van der Waals surface area (Å²) in [6.45, 7) is 33.1. The van der Waals surface area contributed by atoms with E-state index in [1.807, 2.05) is 0 Å². The number of rotatable bonds is 17. The lowest BCUT2D eigenvalue weighted by Gasteiger charge is -2.25. The van der Waals surface area contributed by atoms with Crippen LogP contribution in [0.3, 0.4) is 0 Å².